The first kappa shape index (κ1) is 19.3. The molecular formula is C21H24O7. The fourth-order valence-electron chi connectivity index (χ4n) is 3.91. The molecule has 150 valence electrons. The average Bonchev–Trinajstić information content (AvgIpc) is 3.08. The summed E-state index contributed by atoms with van der Waals surface area (Å²) in [5.74, 6) is -0.830. The molecule has 7 heteroatoms. The Hall–Kier alpha value is -2.00. The van der Waals surface area contributed by atoms with Gasteiger partial charge in [0, 0.05) is 5.56 Å². The van der Waals surface area contributed by atoms with E-state index >= 15 is 0 Å². The van der Waals surface area contributed by atoms with Gasteiger partial charge < -0.3 is 34.6 Å². The number of ether oxygens (including phenoxy) is 3. The molecule has 4 rings (SSSR count). The second-order valence-electron chi connectivity index (χ2n) is 7.24. The van der Waals surface area contributed by atoms with Gasteiger partial charge in [0.05, 0.1) is 20.3 Å². The Balaban J connectivity index is 1.66. The first-order valence-electron chi connectivity index (χ1n) is 9.20. The van der Waals surface area contributed by atoms with Crippen molar-refractivity contribution in [3.05, 3.63) is 64.7 Å². The molecule has 2 aromatic rings. The lowest BCUT2D eigenvalue weighted by molar-refractivity contribution is -0.368. The van der Waals surface area contributed by atoms with E-state index in [-0.39, 0.29) is 6.61 Å². The molecule has 0 bridgehead atoms. The second kappa shape index (κ2) is 7.44. The Kier molecular flexibility index (Phi) is 5.13. The van der Waals surface area contributed by atoms with Gasteiger partial charge in [-0.1, -0.05) is 24.3 Å². The SMILES string of the molecule is COc1ccc(Cc2ccc3c(c2)[C@]2(OC3)O[C@H](CO)[C@@H](O)[C@H](O)[C@H]2O)cc1. The third-order valence-corrected chi connectivity index (χ3v) is 5.51. The quantitative estimate of drug-likeness (QED) is 0.602. The summed E-state index contributed by atoms with van der Waals surface area (Å²) in [7, 11) is 1.62. The van der Waals surface area contributed by atoms with Gasteiger partial charge in [0.2, 0.25) is 5.79 Å². The Bertz CT molecular complexity index is 835. The number of rotatable bonds is 4. The first-order valence-corrected chi connectivity index (χ1v) is 9.20. The first-order chi connectivity index (χ1) is 13.5. The minimum atomic E-state index is -1.61. The molecule has 0 unspecified atom stereocenters. The van der Waals surface area contributed by atoms with Crippen LogP contribution in [0.5, 0.6) is 5.75 Å². The topological polar surface area (TPSA) is 109 Å². The lowest BCUT2D eigenvalue weighted by Crippen LogP contribution is -2.63. The van der Waals surface area contributed by atoms with Gasteiger partial charge in [-0.15, -0.1) is 0 Å². The van der Waals surface area contributed by atoms with Gasteiger partial charge in [0.1, 0.15) is 30.2 Å². The molecule has 1 spiro atoms. The summed E-state index contributed by atoms with van der Waals surface area (Å²) in [5.41, 5.74) is 3.50. The van der Waals surface area contributed by atoms with Crippen LogP contribution in [0, 0.1) is 0 Å². The zero-order valence-electron chi connectivity index (χ0n) is 15.5. The summed E-state index contributed by atoms with van der Waals surface area (Å²) in [5, 5.41) is 40.4. The highest BCUT2D eigenvalue weighted by Crippen LogP contribution is 2.46. The molecular weight excluding hydrogens is 364 g/mol. The van der Waals surface area contributed by atoms with Crippen molar-refractivity contribution in [1.29, 1.82) is 0 Å². The van der Waals surface area contributed by atoms with E-state index in [2.05, 4.69) is 0 Å². The minimum absolute atomic E-state index is 0.205. The monoisotopic (exact) mass is 388 g/mol. The molecule has 28 heavy (non-hydrogen) atoms. The molecule has 1 saturated heterocycles. The maximum Gasteiger partial charge on any atom is 0.225 e. The van der Waals surface area contributed by atoms with Crippen molar-refractivity contribution in [3.8, 4) is 5.75 Å². The highest BCUT2D eigenvalue weighted by atomic mass is 16.7. The fraction of sp³-hybridized carbons (Fsp3) is 0.429. The molecule has 1 fully saturated rings. The van der Waals surface area contributed by atoms with Gasteiger partial charge in [0.15, 0.2) is 0 Å². The van der Waals surface area contributed by atoms with Crippen LogP contribution in [-0.2, 0) is 28.3 Å². The summed E-state index contributed by atoms with van der Waals surface area (Å²) in [6, 6.07) is 13.5. The number of hydrogen-bond acceptors (Lipinski definition) is 7. The van der Waals surface area contributed by atoms with Crippen molar-refractivity contribution in [2.75, 3.05) is 13.7 Å². The van der Waals surface area contributed by atoms with Crippen LogP contribution in [0.4, 0.5) is 0 Å². The molecule has 0 aliphatic carbocycles. The average molecular weight is 388 g/mol. The van der Waals surface area contributed by atoms with Crippen molar-refractivity contribution in [2.45, 2.75) is 43.2 Å². The van der Waals surface area contributed by atoms with E-state index in [1.807, 2.05) is 42.5 Å². The molecule has 2 heterocycles. The lowest BCUT2D eigenvalue weighted by Gasteiger charge is -2.46. The van der Waals surface area contributed by atoms with Crippen molar-refractivity contribution < 1.29 is 34.6 Å². The van der Waals surface area contributed by atoms with Crippen molar-refractivity contribution in [1.82, 2.24) is 0 Å². The standard InChI is InChI=1S/C21H24O7/c1-26-15-6-3-12(4-7-15)8-13-2-5-14-11-27-21(16(14)9-13)20(25)19(24)18(23)17(10-22)28-21/h2-7,9,17-20,22-25H,8,10-11H2,1H3/t17-,18-,19+,20-,21+/m1/s1. The molecule has 7 nitrogen and oxygen atoms in total. The molecule has 4 N–H and O–H groups in total. The zero-order chi connectivity index (χ0) is 19.9. The molecule has 2 aliphatic rings. The van der Waals surface area contributed by atoms with E-state index < -0.39 is 36.8 Å². The number of methoxy groups -OCH3 is 1. The van der Waals surface area contributed by atoms with E-state index in [1.54, 1.807) is 7.11 Å². The van der Waals surface area contributed by atoms with E-state index in [4.69, 9.17) is 14.2 Å². The van der Waals surface area contributed by atoms with Gasteiger partial charge in [-0.25, -0.2) is 0 Å². The van der Waals surface area contributed by atoms with Crippen LogP contribution >= 0.6 is 0 Å². The molecule has 0 aromatic heterocycles. The molecule has 2 aromatic carbocycles. The molecule has 0 amide bonds. The predicted octanol–water partition coefficient (Wildman–Crippen LogP) is 0.443. The highest BCUT2D eigenvalue weighted by molar-refractivity contribution is 5.41. The summed E-state index contributed by atoms with van der Waals surface area (Å²) in [4.78, 5) is 0. The van der Waals surface area contributed by atoms with Crippen LogP contribution in [0.25, 0.3) is 0 Å². The zero-order valence-corrected chi connectivity index (χ0v) is 15.5. The maximum atomic E-state index is 10.6. The Labute approximate surface area is 162 Å². The normalized spacial score (nSPS) is 31.8. The third kappa shape index (κ3) is 3.10. The van der Waals surface area contributed by atoms with E-state index in [1.165, 1.54) is 0 Å². The molecule has 0 saturated carbocycles. The van der Waals surface area contributed by atoms with E-state index in [0.717, 1.165) is 22.4 Å². The van der Waals surface area contributed by atoms with Crippen LogP contribution in [0.3, 0.4) is 0 Å². The summed E-state index contributed by atoms with van der Waals surface area (Å²) in [6.45, 7) is -0.299. The van der Waals surface area contributed by atoms with E-state index in [0.29, 0.717) is 12.0 Å². The highest BCUT2D eigenvalue weighted by Gasteiger charge is 2.58. The van der Waals surface area contributed by atoms with Crippen molar-refractivity contribution >= 4 is 0 Å². The summed E-state index contributed by atoms with van der Waals surface area (Å²) >= 11 is 0. The number of fused-ring (bicyclic) bond motifs is 2. The molecule has 2 aliphatic heterocycles. The number of aliphatic hydroxyl groups is 4. The minimum Gasteiger partial charge on any atom is -0.497 e. The molecule has 5 atom stereocenters. The maximum absolute atomic E-state index is 10.6. The van der Waals surface area contributed by atoms with Crippen LogP contribution in [0.1, 0.15) is 22.3 Å². The summed E-state index contributed by atoms with van der Waals surface area (Å²) < 4.78 is 16.8. The van der Waals surface area contributed by atoms with E-state index in [9.17, 15) is 20.4 Å². The van der Waals surface area contributed by atoms with Crippen LogP contribution < -0.4 is 4.74 Å². The van der Waals surface area contributed by atoms with Gasteiger partial charge in [-0.05, 0) is 41.3 Å². The predicted molar refractivity (Wildman–Crippen MR) is 98.7 cm³/mol. The molecule has 0 radical (unpaired) electrons. The Morgan fingerprint density at radius 3 is 2.43 bits per heavy atom. The lowest BCUT2D eigenvalue weighted by atomic mass is 9.86. The Morgan fingerprint density at radius 1 is 1.04 bits per heavy atom. The Morgan fingerprint density at radius 2 is 1.75 bits per heavy atom. The van der Waals surface area contributed by atoms with Gasteiger partial charge in [-0.3, -0.25) is 0 Å². The summed E-state index contributed by atoms with van der Waals surface area (Å²) in [6.07, 6.45) is -4.79. The number of benzene rings is 2. The smallest absolute Gasteiger partial charge is 0.225 e. The van der Waals surface area contributed by atoms with Gasteiger partial charge in [0.25, 0.3) is 0 Å². The van der Waals surface area contributed by atoms with Crippen LogP contribution in [-0.4, -0.2) is 58.6 Å². The van der Waals surface area contributed by atoms with Crippen molar-refractivity contribution in [2.24, 2.45) is 0 Å². The van der Waals surface area contributed by atoms with Crippen LogP contribution in [0.15, 0.2) is 42.5 Å². The third-order valence-electron chi connectivity index (χ3n) is 5.51. The second-order valence-corrected chi connectivity index (χ2v) is 7.24. The van der Waals surface area contributed by atoms with Gasteiger partial charge in [-0.2, -0.15) is 0 Å². The van der Waals surface area contributed by atoms with Crippen LogP contribution in [0.2, 0.25) is 0 Å². The number of hydrogen-bond donors (Lipinski definition) is 4. The number of aliphatic hydroxyl groups excluding tert-OH is 4. The van der Waals surface area contributed by atoms with Gasteiger partial charge >= 0.3 is 0 Å². The largest absolute Gasteiger partial charge is 0.497 e. The van der Waals surface area contributed by atoms with Crippen molar-refractivity contribution in [3.63, 3.8) is 0 Å². The fourth-order valence-corrected chi connectivity index (χ4v) is 3.91.